The van der Waals surface area contributed by atoms with Gasteiger partial charge in [-0.3, -0.25) is 9.69 Å². The largest absolute Gasteiger partial charge is 0.466 e. The standard InChI is InChI=1S/C19H21N5O2S/c1-13-10-16(14(2)26-13)19(25)24-8-6-23(7-9-24)11-15-12-27-18(22-15)17-20-4-3-5-21-17/h3-5,10,12H,6-9,11H2,1-2H3. The molecule has 140 valence electrons. The van der Waals surface area contributed by atoms with Crippen LogP contribution in [0.3, 0.4) is 0 Å². The molecule has 1 fully saturated rings. The average molecular weight is 383 g/mol. The summed E-state index contributed by atoms with van der Waals surface area (Å²) in [5.41, 5.74) is 1.69. The summed E-state index contributed by atoms with van der Waals surface area (Å²) in [6.07, 6.45) is 3.45. The number of aromatic nitrogens is 3. The third kappa shape index (κ3) is 3.91. The third-order valence-corrected chi connectivity index (χ3v) is 5.51. The number of hydrogen-bond donors (Lipinski definition) is 0. The molecule has 0 aromatic carbocycles. The van der Waals surface area contributed by atoms with Crippen LogP contribution in [0.1, 0.15) is 27.6 Å². The minimum absolute atomic E-state index is 0.0566. The van der Waals surface area contributed by atoms with Crippen LogP contribution in [0.15, 0.2) is 34.3 Å². The predicted octanol–water partition coefficient (Wildman–Crippen LogP) is 2.77. The van der Waals surface area contributed by atoms with E-state index >= 15 is 0 Å². The van der Waals surface area contributed by atoms with Gasteiger partial charge in [0.25, 0.3) is 5.91 Å². The molecule has 0 unspecified atom stereocenters. The second-order valence-electron chi connectivity index (χ2n) is 6.61. The van der Waals surface area contributed by atoms with Gasteiger partial charge in [-0.05, 0) is 26.0 Å². The van der Waals surface area contributed by atoms with Crippen LogP contribution in [-0.2, 0) is 6.54 Å². The molecule has 3 aromatic rings. The van der Waals surface area contributed by atoms with Crippen LogP contribution < -0.4 is 0 Å². The van der Waals surface area contributed by atoms with Crippen LogP contribution in [0.2, 0.25) is 0 Å². The summed E-state index contributed by atoms with van der Waals surface area (Å²) in [6.45, 7) is 7.56. The summed E-state index contributed by atoms with van der Waals surface area (Å²) < 4.78 is 5.49. The molecule has 0 radical (unpaired) electrons. The molecule has 1 amide bonds. The topological polar surface area (TPSA) is 75.4 Å². The SMILES string of the molecule is Cc1cc(C(=O)N2CCN(Cc3csc(-c4ncccn4)n3)CC2)c(C)o1. The molecule has 7 nitrogen and oxygen atoms in total. The summed E-state index contributed by atoms with van der Waals surface area (Å²) in [4.78, 5) is 30.0. The molecular formula is C19H21N5O2S. The number of carbonyl (C=O) groups excluding carboxylic acids is 1. The second kappa shape index (κ2) is 7.58. The first-order valence-corrected chi connectivity index (χ1v) is 9.78. The van der Waals surface area contributed by atoms with Gasteiger partial charge in [0.05, 0.1) is 11.3 Å². The first-order valence-electron chi connectivity index (χ1n) is 8.90. The molecule has 1 aliphatic rings. The van der Waals surface area contributed by atoms with Crippen molar-refractivity contribution >= 4 is 17.2 Å². The molecule has 4 heterocycles. The maximum absolute atomic E-state index is 12.7. The number of amides is 1. The Hall–Kier alpha value is -2.58. The van der Waals surface area contributed by atoms with Gasteiger partial charge >= 0.3 is 0 Å². The van der Waals surface area contributed by atoms with E-state index in [0.717, 1.165) is 36.1 Å². The Bertz CT molecular complexity index is 929. The summed E-state index contributed by atoms with van der Waals surface area (Å²) in [6, 6.07) is 3.62. The maximum Gasteiger partial charge on any atom is 0.257 e. The van der Waals surface area contributed by atoms with Gasteiger partial charge in [-0.1, -0.05) is 0 Å². The molecule has 27 heavy (non-hydrogen) atoms. The van der Waals surface area contributed by atoms with E-state index in [1.807, 2.05) is 24.8 Å². The fraction of sp³-hybridized carbons (Fsp3) is 0.368. The Morgan fingerprint density at radius 1 is 1.19 bits per heavy atom. The molecule has 0 spiro atoms. The summed E-state index contributed by atoms with van der Waals surface area (Å²) in [5, 5.41) is 2.89. The Morgan fingerprint density at radius 3 is 2.59 bits per heavy atom. The van der Waals surface area contributed by atoms with Crippen molar-refractivity contribution in [2.75, 3.05) is 26.2 Å². The first-order chi connectivity index (χ1) is 13.1. The quantitative estimate of drug-likeness (QED) is 0.690. The average Bonchev–Trinajstić information content (AvgIpc) is 3.28. The number of thiazole rings is 1. The van der Waals surface area contributed by atoms with Crippen molar-refractivity contribution in [1.82, 2.24) is 24.8 Å². The van der Waals surface area contributed by atoms with Crippen molar-refractivity contribution in [3.8, 4) is 10.8 Å². The number of aryl methyl sites for hydroxylation is 2. The highest BCUT2D eigenvalue weighted by atomic mass is 32.1. The van der Waals surface area contributed by atoms with Crippen LogP contribution in [0.4, 0.5) is 0 Å². The van der Waals surface area contributed by atoms with Crippen molar-refractivity contribution in [1.29, 1.82) is 0 Å². The Kier molecular flexibility index (Phi) is 5.00. The van der Waals surface area contributed by atoms with Gasteiger partial charge in [0.15, 0.2) is 10.8 Å². The molecule has 4 rings (SSSR count). The molecule has 0 N–H and O–H groups in total. The smallest absolute Gasteiger partial charge is 0.257 e. The van der Waals surface area contributed by atoms with Gasteiger partial charge in [-0.2, -0.15) is 0 Å². The lowest BCUT2D eigenvalue weighted by molar-refractivity contribution is 0.0625. The van der Waals surface area contributed by atoms with Crippen molar-refractivity contribution < 1.29 is 9.21 Å². The van der Waals surface area contributed by atoms with Crippen LogP contribution in [-0.4, -0.2) is 56.8 Å². The molecule has 0 aliphatic carbocycles. The zero-order valence-corrected chi connectivity index (χ0v) is 16.2. The molecule has 0 atom stereocenters. The zero-order valence-electron chi connectivity index (χ0n) is 15.4. The summed E-state index contributed by atoms with van der Waals surface area (Å²) >= 11 is 1.56. The molecule has 1 aliphatic heterocycles. The molecule has 0 saturated carbocycles. The lowest BCUT2D eigenvalue weighted by Crippen LogP contribution is -2.48. The minimum atomic E-state index is 0.0566. The van der Waals surface area contributed by atoms with E-state index in [9.17, 15) is 4.79 Å². The lowest BCUT2D eigenvalue weighted by Gasteiger charge is -2.34. The molecule has 3 aromatic heterocycles. The van der Waals surface area contributed by atoms with Crippen LogP contribution >= 0.6 is 11.3 Å². The van der Waals surface area contributed by atoms with Crippen molar-refractivity contribution in [2.45, 2.75) is 20.4 Å². The van der Waals surface area contributed by atoms with E-state index in [1.54, 1.807) is 29.8 Å². The number of furan rings is 1. The number of hydrogen-bond acceptors (Lipinski definition) is 7. The van der Waals surface area contributed by atoms with Crippen molar-refractivity contribution in [3.05, 3.63) is 52.7 Å². The Morgan fingerprint density at radius 2 is 1.93 bits per heavy atom. The van der Waals surface area contributed by atoms with Gasteiger partial charge in [-0.25, -0.2) is 15.0 Å². The van der Waals surface area contributed by atoms with E-state index in [-0.39, 0.29) is 5.91 Å². The number of piperazine rings is 1. The highest BCUT2D eigenvalue weighted by Gasteiger charge is 2.25. The number of carbonyl (C=O) groups is 1. The van der Waals surface area contributed by atoms with Gasteiger partial charge in [0, 0.05) is 50.5 Å². The van der Waals surface area contributed by atoms with E-state index in [0.29, 0.717) is 30.2 Å². The Balaban J connectivity index is 1.34. The number of rotatable bonds is 4. The van der Waals surface area contributed by atoms with Gasteiger partial charge in [0.1, 0.15) is 11.5 Å². The summed E-state index contributed by atoms with van der Waals surface area (Å²) in [5.74, 6) is 2.19. The maximum atomic E-state index is 12.7. The van der Waals surface area contributed by atoms with Gasteiger partial charge < -0.3 is 9.32 Å². The zero-order chi connectivity index (χ0) is 18.8. The Labute approximate surface area is 161 Å². The molecular weight excluding hydrogens is 362 g/mol. The molecule has 0 bridgehead atoms. The fourth-order valence-electron chi connectivity index (χ4n) is 3.24. The van der Waals surface area contributed by atoms with E-state index in [2.05, 4.69) is 25.2 Å². The highest BCUT2D eigenvalue weighted by Crippen LogP contribution is 2.21. The highest BCUT2D eigenvalue weighted by molar-refractivity contribution is 7.13. The second-order valence-corrected chi connectivity index (χ2v) is 7.47. The fourth-order valence-corrected chi connectivity index (χ4v) is 4.00. The molecule has 1 saturated heterocycles. The monoisotopic (exact) mass is 383 g/mol. The van der Waals surface area contributed by atoms with E-state index in [4.69, 9.17) is 4.42 Å². The lowest BCUT2D eigenvalue weighted by atomic mass is 10.2. The van der Waals surface area contributed by atoms with Crippen molar-refractivity contribution in [3.63, 3.8) is 0 Å². The van der Waals surface area contributed by atoms with E-state index < -0.39 is 0 Å². The van der Waals surface area contributed by atoms with Crippen LogP contribution in [0, 0.1) is 13.8 Å². The predicted molar refractivity (Wildman–Crippen MR) is 103 cm³/mol. The normalized spacial score (nSPS) is 15.3. The molecule has 8 heteroatoms. The number of nitrogens with zero attached hydrogens (tertiary/aromatic N) is 5. The van der Waals surface area contributed by atoms with Crippen LogP contribution in [0.5, 0.6) is 0 Å². The van der Waals surface area contributed by atoms with Crippen LogP contribution in [0.25, 0.3) is 10.8 Å². The van der Waals surface area contributed by atoms with Gasteiger partial charge in [0.2, 0.25) is 0 Å². The van der Waals surface area contributed by atoms with E-state index in [1.165, 1.54) is 0 Å². The van der Waals surface area contributed by atoms with Crippen molar-refractivity contribution in [2.24, 2.45) is 0 Å². The first kappa shape index (κ1) is 17.8. The minimum Gasteiger partial charge on any atom is -0.466 e. The third-order valence-electron chi connectivity index (χ3n) is 4.63. The summed E-state index contributed by atoms with van der Waals surface area (Å²) in [7, 11) is 0. The van der Waals surface area contributed by atoms with Gasteiger partial charge in [-0.15, -0.1) is 11.3 Å².